The largest absolute Gasteiger partial charge is 0.444 e. The van der Waals surface area contributed by atoms with Crippen LogP contribution in [0.1, 0.15) is 27.2 Å². The van der Waals surface area contributed by atoms with E-state index < -0.39 is 17.9 Å². The highest BCUT2D eigenvalue weighted by Crippen LogP contribution is 2.10. The molecule has 0 saturated carbocycles. The van der Waals surface area contributed by atoms with Gasteiger partial charge in [0, 0.05) is 19.1 Å². The lowest BCUT2D eigenvalue weighted by Crippen LogP contribution is -2.39. The van der Waals surface area contributed by atoms with Crippen LogP contribution in [0.15, 0.2) is 0 Å². The summed E-state index contributed by atoms with van der Waals surface area (Å²) in [6, 6.07) is 0.0209. The summed E-state index contributed by atoms with van der Waals surface area (Å²) in [5.41, 5.74) is -0.490. The van der Waals surface area contributed by atoms with Crippen molar-refractivity contribution in [3.05, 3.63) is 0 Å². The zero-order valence-electron chi connectivity index (χ0n) is 9.88. The standard InChI is InChI=1S/C10H19FN2O2.ClH/c1-10(2,3)15-9(14)13-6-8-4-7(11)5-12-8;/h7-8,12H,4-6H2,1-3H3,(H,13,14);1H/t7-,8-;/m1./s1. The van der Waals surface area contributed by atoms with Crippen molar-refractivity contribution in [2.45, 2.75) is 45.0 Å². The first-order valence-electron chi connectivity index (χ1n) is 5.21. The molecule has 0 aromatic carbocycles. The molecule has 1 fully saturated rings. The number of alkyl halides is 1. The third kappa shape index (κ3) is 6.12. The highest BCUT2D eigenvalue weighted by molar-refractivity contribution is 5.85. The van der Waals surface area contributed by atoms with Crippen molar-refractivity contribution in [2.24, 2.45) is 0 Å². The third-order valence-corrected chi connectivity index (χ3v) is 2.06. The van der Waals surface area contributed by atoms with Crippen LogP contribution in [-0.2, 0) is 4.74 Å². The molecule has 0 aliphatic carbocycles. The van der Waals surface area contributed by atoms with Gasteiger partial charge in [0.25, 0.3) is 0 Å². The number of carbonyl (C=O) groups is 1. The van der Waals surface area contributed by atoms with Crippen LogP contribution in [0.4, 0.5) is 9.18 Å². The maximum absolute atomic E-state index is 12.8. The average Bonchev–Trinajstić information content (AvgIpc) is 2.45. The lowest BCUT2D eigenvalue weighted by Gasteiger charge is -2.20. The van der Waals surface area contributed by atoms with Gasteiger partial charge in [-0.3, -0.25) is 0 Å². The van der Waals surface area contributed by atoms with Crippen LogP contribution in [0.25, 0.3) is 0 Å². The maximum atomic E-state index is 12.8. The van der Waals surface area contributed by atoms with E-state index in [1.54, 1.807) is 20.8 Å². The number of carbonyl (C=O) groups excluding carboxylic acids is 1. The molecule has 1 aliphatic heterocycles. The van der Waals surface area contributed by atoms with Gasteiger partial charge in [-0.25, -0.2) is 9.18 Å². The molecular weight excluding hydrogens is 235 g/mol. The number of nitrogens with one attached hydrogen (secondary N) is 2. The summed E-state index contributed by atoms with van der Waals surface area (Å²) in [5, 5.41) is 5.59. The molecule has 0 radical (unpaired) electrons. The number of rotatable bonds is 2. The highest BCUT2D eigenvalue weighted by atomic mass is 35.5. The maximum Gasteiger partial charge on any atom is 0.407 e. The fourth-order valence-electron chi connectivity index (χ4n) is 1.45. The van der Waals surface area contributed by atoms with Crippen molar-refractivity contribution in [1.82, 2.24) is 10.6 Å². The van der Waals surface area contributed by atoms with E-state index in [-0.39, 0.29) is 18.4 Å². The fourth-order valence-corrected chi connectivity index (χ4v) is 1.45. The lowest BCUT2D eigenvalue weighted by molar-refractivity contribution is 0.0523. The minimum absolute atomic E-state index is 0. The van der Waals surface area contributed by atoms with Crippen molar-refractivity contribution < 1.29 is 13.9 Å². The number of amides is 1. The Morgan fingerprint density at radius 3 is 2.62 bits per heavy atom. The van der Waals surface area contributed by atoms with Crippen molar-refractivity contribution in [2.75, 3.05) is 13.1 Å². The molecule has 0 aromatic rings. The van der Waals surface area contributed by atoms with Crippen molar-refractivity contribution in [3.63, 3.8) is 0 Å². The van der Waals surface area contributed by atoms with Gasteiger partial charge in [0.2, 0.25) is 0 Å². The minimum Gasteiger partial charge on any atom is -0.444 e. The molecule has 0 unspecified atom stereocenters. The molecular formula is C10H20ClFN2O2. The molecule has 1 amide bonds. The zero-order chi connectivity index (χ0) is 11.5. The summed E-state index contributed by atoms with van der Waals surface area (Å²) >= 11 is 0. The summed E-state index contributed by atoms with van der Waals surface area (Å²) in [6.45, 7) is 6.20. The molecule has 96 valence electrons. The molecule has 0 aromatic heterocycles. The van der Waals surface area contributed by atoms with Gasteiger partial charge in [-0.2, -0.15) is 0 Å². The van der Waals surface area contributed by atoms with Gasteiger partial charge in [0.05, 0.1) is 0 Å². The molecule has 1 heterocycles. The van der Waals surface area contributed by atoms with Crippen molar-refractivity contribution in [1.29, 1.82) is 0 Å². The van der Waals surface area contributed by atoms with Crippen LogP contribution in [0, 0.1) is 0 Å². The van der Waals surface area contributed by atoms with Gasteiger partial charge in [-0.15, -0.1) is 12.4 Å². The summed E-state index contributed by atoms with van der Waals surface area (Å²) in [6.07, 6.45) is -0.794. The second kappa shape index (κ2) is 6.25. The van der Waals surface area contributed by atoms with Gasteiger partial charge >= 0.3 is 6.09 Å². The van der Waals surface area contributed by atoms with Crippen molar-refractivity contribution in [3.8, 4) is 0 Å². The summed E-state index contributed by atoms with van der Waals surface area (Å²) in [5.74, 6) is 0. The van der Waals surface area contributed by atoms with E-state index in [2.05, 4.69) is 10.6 Å². The van der Waals surface area contributed by atoms with Crippen LogP contribution in [0.2, 0.25) is 0 Å². The van der Waals surface area contributed by atoms with Crippen LogP contribution in [-0.4, -0.2) is 37.0 Å². The molecule has 1 saturated heterocycles. The van der Waals surface area contributed by atoms with Crippen LogP contribution in [0.3, 0.4) is 0 Å². The molecule has 2 atom stereocenters. The van der Waals surface area contributed by atoms with E-state index in [4.69, 9.17) is 4.74 Å². The number of hydrogen-bond acceptors (Lipinski definition) is 3. The predicted molar refractivity (Wildman–Crippen MR) is 62.8 cm³/mol. The van der Waals surface area contributed by atoms with E-state index >= 15 is 0 Å². The highest BCUT2D eigenvalue weighted by Gasteiger charge is 2.24. The van der Waals surface area contributed by atoms with Gasteiger partial charge in [0.15, 0.2) is 0 Å². The Labute approximate surface area is 102 Å². The van der Waals surface area contributed by atoms with E-state index in [0.717, 1.165) is 0 Å². The SMILES string of the molecule is CC(C)(C)OC(=O)NC[C@H]1C[C@@H](F)CN1.Cl. The molecule has 4 nitrogen and oxygen atoms in total. The van der Waals surface area contributed by atoms with E-state index in [9.17, 15) is 9.18 Å². The summed E-state index contributed by atoms with van der Waals surface area (Å²) in [4.78, 5) is 11.2. The molecule has 2 N–H and O–H groups in total. The lowest BCUT2D eigenvalue weighted by atomic mass is 10.2. The summed E-state index contributed by atoms with van der Waals surface area (Å²) in [7, 11) is 0. The molecule has 0 spiro atoms. The number of hydrogen-bond donors (Lipinski definition) is 2. The number of ether oxygens (including phenoxy) is 1. The Bertz CT molecular complexity index is 233. The average molecular weight is 255 g/mol. The van der Waals surface area contributed by atoms with Crippen LogP contribution >= 0.6 is 12.4 Å². The normalized spacial score (nSPS) is 24.8. The first kappa shape index (κ1) is 15.4. The Balaban J connectivity index is 0.00000225. The monoisotopic (exact) mass is 254 g/mol. The molecule has 1 aliphatic rings. The Hall–Kier alpha value is -0.550. The Morgan fingerprint density at radius 2 is 2.19 bits per heavy atom. The fraction of sp³-hybridized carbons (Fsp3) is 0.900. The topological polar surface area (TPSA) is 50.4 Å². The summed E-state index contributed by atoms with van der Waals surface area (Å²) < 4.78 is 17.8. The quantitative estimate of drug-likeness (QED) is 0.788. The molecule has 6 heteroatoms. The first-order valence-corrected chi connectivity index (χ1v) is 5.21. The van der Waals surface area contributed by atoms with E-state index in [0.29, 0.717) is 19.5 Å². The second-order valence-corrected chi connectivity index (χ2v) is 4.82. The van der Waals surface area contributed by atoms with Gasteiger partial charge in [0.1, 0.15) is 11.8 Å². The Morgan fingerprint density at radius 1 is 1.56 bits per heavy atom. The van der Waals surface area contributed by atoms with E-state index in [1.807, 2.05) is 0 Å². The molecule has 0 bridgehead atoms. The van der Waals surface area contributed by atoms with E-state index in [1.165, 1.54) is 0 Å². The predicted octanol–water partition coefficient (Wildman–Crippen LogP) is 1.63. The molecule has 16 heavy (non-hydrogen) atoms. The second-order valence-electron chi connectivity index (χ2n) is 4.82. The van der Waals surface area contributed by atoms with Gasteiger partial charge in [-0.05, 0) is 27.2 Å². The first-order chi connectivity index (χ1) is 6.87. The third-order valence-electron chi connectivity index (χ3n) is 2.06. The Kier molecular flexibility index (Phi) is 6.04. The van der Waals surface area contributed by atoms with Gasteiger partial charge in [-0.1, -0.05) is 0 Å². The smallest absolute Gasteiger partial charge is 0.407 e. The number of alkyl carbamates (subject to hydrolysis) is 1. The van der Waals surface area contributed by atoms with Gasteiger partial charge < -0.3 is 15.4 Å². The molecule has 1 rings (SSSR count). The van der Waals surface area contributed by atoms with Crippen LogP contribution < -0.4 is 10.6 Å². The number of halogens is 2. The zero-order valence-corrected chi connectivity index (χ0v) is 10.7. The minimum atomic E-state index is -0.796. The van der Waals surface area contributed by atoms with Crippen molar-refractivity contribution >= 4 is 18.5 Å². The van der Waals surface area contributed by atoms with Crippen LogP contribution in [0.5, 0.6) is 0 Å².